The van der Waals surface area contributed by atoms with Crippen LogP contribution in [0.5, 0.6) is 0 Å². The lowest BCUT2D eigenvalue weighted by molar-refractivity contribution is 1.36. The van der Waals surface area contributed by atoms with Crippen LogP contribution >= 0.6 is 11.6 Å². The van der Waals surface area contributed by atoms with E-state index in [9.17, 15) is 0 Å². The van der Waals surface area contributed by atoms with E-state index < -0.39 is 0 Å². The molecule has 3 heteroatoms. The summed E-state index contributed by atoms with van der Waals surface area (Å²) in [5, 5.41) is 3.74. The van der Waals surface area contributed by atoms with Crippen LogP contribution in [0.15, 0.2) is 42.7 Å². The molecule has 0 atom stereocenters. The number of fused-ring (bicyclic) bond motifs is 3. The molecule has 0 unspecified atom stereocenters. The lowest BCUT2D eigenvalue weighted by Gasteiger charge is -2.01. The molecule has 0 fully saturated rings. The molecule has 3 rings (SSSR count). The number of hydrogen-bond donors (Lipinski definition) is 0. The van der Waals surface area contributed by atoms with E-state index in [1.165, 1.54) is 0 Å². The minimum absolute atomic E-state index is 0.512. The fraction of sp³-hybridized carbons (Fsp3) is 0. The van der Waals surface area contributed by atoms with Crippen molar-refractivity contribution < 1.29 is 0 Å². The smallest absolute Gasteiger partial charge is 0.129 e. The van der Waals surface area contributed by atoms with Gasteiger partial charge in [-0.25, -0.2) is 4.98 Å². The highest BCUT2D eigenvalue weighted by atomic mass is 35.5. The van der Waals surface area contributed by atoms with Crippen LogP contribution in [0.3, 0.4) is 0 Å². The molecule has 0 saturated heterocycles. The molecule has 0 N–H and O–H groups in total. The molecule has 72 valence electrons. The van der Waals surface area contributed by atoms with Gasteiger partial charge in [-0.1, -0.05) is 29.8 Å². The molecule has 2 aromatic heterocycles. The first-order valence-electron chi connectivity index (χ1n) is 4.63. The number of hydrogen-bond acceptors (Lipinski definition) is 2. The Hall–Kier alpha value is -1.67. The predicted octanol–water partition coefficient (Wildman–Crippen LogP) is 3.44. The maximum atomic E-state index is 5.84. The molecule has 2 nitrogen and oxygen atoms in total. The normalized spacial score (nSPS) is 11.0. The topological polar surface area (TPSA) is 25.8 Å². The van der Waals surface area contributed by atoms with Gasteiger partial charge in [0.1, 0.15) is 5.15 Å². The van der Waals surface area contributed by atoms with Crippen molar-refractivity contribution in [2.45, 2.75) is 0 Å². The molecule has 0 spiro atoms. The number of nitrogens with zero attached hydrogens (tertiary/aromatic N) is 2. The lowest BCUT2D eigenvalue weighted by atomic mass is 10.1. The Balaban J connectivity index is 2.55. The van der Waals surface area contributed by atoms with Crippen LogP contribution in [0, 0.1) is 0 Å². The summed E-state index contributed by atoms with van der Waals surface area (Å²) in [5.41, 5.74) is 0.971. The Morgan fingerprint density at radius 1 is 1.00 bits per heavy atom. The summed E-state index contributed by atoms with van der Waals surface area (Å²) < 4.78 is 0. The standard InChI is InChI=1S/C12H7ClN2/c13-11-6-9-4-3-8-2-1-5-14-12(8)10(9)7-15-11/h1-7H. The molecule has 3 aromatic rings. The van der Waals surface area contributed by atoms with Gasteiger partial charge in [0, 0.05) is 23.2 Å². The first-order chi connectivity index (χ1) is 7.34. The summed E-state index contributed by atoms with van der Waals surface area (Å²) in [6.45, 7) is 0. The number of rotatable bonds is 0. The summed E-state index contributed by atoms with van der Waals surface area (Å²) >= 11 is 5.84. The molecule has 2 heterocycles. The van der Waals surface area contributed by atoms with Gasteiger partial charge in [0.2, 0.25) is 0 Å². The molecule has 0 radical (unpaired) electrons. The summed E-state index contributed by atoms with van der Waals surface area (Å²) in [4.78, 5) is 8.44. The molecule has 1 aromatic carbocycles. The molecule has 0 aliphatic heterocycles. The Kier molecular flexibility index (Phi) is 1.82. The second kappa shape index (κ2) is 3.17. The van der Waals surface area contributed by atoms with Crippen molar-refractivity contribution in [1.29, 1.82) is 0 Å². The van der Waals surface area contributed by atoms with E-state index in [4.69, 9.17) is 11.6 Å². The summed E-state index contributed by atoms with van der Waals surface area (Å²) in [5.74, 6) is 0. The number of halogens is 1. The van der Waals surface area contributed by atoms with Crippen LogP contribution < -0.4 is 0 Å². The Labute approximate surface area is 91.5 Å². The average Bonchev–Trinajstić information content (AvgIpc) is 2.28. The van der Waals surface area contributed by atoms with E-state index in [1.807, 2.05) is 30.3 Å². The van der Waals surface area contributed by atoms with E-state index in [-0.39, 0.29) is 0 Å². The predicted molar refractivity (Wildman–Crippen MR) is 62.1 cm³/mol. The molecular formula is C12H7ClN2. The van der Waals surface area contributed by atoms with Crippen molar-refractivity contribution in [1.82, 2.24) is 9.97 Å². The second-order valence-electron chi connectivity index (χ2n) is 3.37. The van der Waals surface area contributed by atoms with Gasteiger partial charge < -0.3 is 0 Å². The van der Waals surface area contributed by atoms with Crippen molar-refractivity contribution in [2.75, 3.05) is 0 Å². The zero-order valence-electron chi connectivity index (χ0n) is 7.81. The molecule has 15 heavy (non-hydrogen) atoms. The van der Waals surface area contributed by atoms with Crippen LogP contribution in [0.1, 0.15) is 0 Å². The van der Waals surface area contributed by atoms with E-state index in [1.54, 1.807) is 12.4 Å². The molecule has 0 aliphatic rings. The summed E-state index contributed by atoms with van der Waals surface area (Å²) in [6, 6.07) is 9.90. The Morgan fingerprint density at radius 3 is 2.80 bits per heavy atom. The highest BCUT2D eigenvalue weighted by molar-refractivity contribution is 6.30. The van der Waals surface area contributed by atoms with Crippen LogP contribution in [0.25, 0.3) is 21.7 Å². The number of aromatic nitrogens is 2. The quantitative estimate of drug-likeness (QED) is 0.423. The van der Waals surface area contributed by atoms with Crippen molar-refractivity contribution in [3.8, 4) is 0 Å². The van der Waals surface area contributed by atoms with Crippen LogP contribution in [-0.4, -0.2) is 9.97 Å². The first kappa shape index (κ1) is 8.62. The highest BCUT2D eigenvalue weighted by Crippen LogP contribution is 2.24. The largest absolute Gasteiger partial charge is 0.256 e. The van der Waals surface area contributed by atoms with E-state index in [2.05, 4.69) is 9.97 Å². The second-order valence-corrected chi connectivity index (χ2v) is 3.76. The Morgan fingerprint density at radius 2 is 1.87 bits per heavy atom. The molecule has 0 aliphatic carbocycles. The fourth-order valence-electron chi connectivity index (χ4n) is 1.74. The van der Waals surface area contributed by atoms with Crippen LogP contribution in [0.2, 0.25) is 5.15 Å². The van der Waals surface area contributed by atoms with Gasteiger partial charge in [-0.15, -0.1) is 0 Å². The monoisotopic (exact) mass is 214 g/mol. The fourth-order valence-corrected chi connectivity index (χ4v) is 1.90. The van der Waals surface area contributed by atoms with Crippen LogP contribution in [-0.2, 0) is 0 Å². The molecule has 0 amide bonds. The van der Waals surface area contributed by atoms with Gasteiger partial charge in [-0.05, 0) is 17.5 Å². The minimum atomic E-state index is 0.512. The third-order valence-corrected chi connectivity index (χ3v) is 2.65. The number of benzene rings is 1. The SMILES string of the molecule is Clc1cc2ccc3cccnc3c2cn1. The molecule has 0 saturated carbocycles. The third-order valence-electron chi connectivity index (χ3n) is 2.44. The van der Waals surface area contributed by atoms with Gasteiger partial charge in [-0.3, -0.25) is 4.98 Å². The zero-order valence-corrected chi connectivity index (χ0v) is 8.57. The van der Waals surface area contributed by atoms with Gasteiger partial charge >= 0.3 is 0 Å². The number of pyridine rings is 2. The zero-order chi connectivity index (χ0) is 10.3. The molecular weight excluding hydrogens is 208 g/mol. The van der Waals surface area contributed by atoms with Gasteiger partial charge in [0.05, 0.1) is 5.52 Å². The van der Waals surface area contributed by atoms with Crippen molar-refractivity contribution in [3.05, 3.63) is 47.9 Å². The molecule has 0 bridgehead atoms. The van der Waals surface area contributed by atoms with Crippen molar-refractivity contribution in [2.24, 2.45) is 0 Å². The average molecular weight is 215 g/mol. The van der Waals surface area contributed by atoms with Crippen LogP contribution in [0.4, 0.5) is 0 Å². The van der Waals surface area contributed by atoms with Gasteiger partial charge in [0.15, 0.2) is 0 Å². The first-order valence-corrected chi connectivity index (χ1v) is 5.01. The lowest BCUT2D eigenvalue weighted by Crippen LogP contribution is -1.82. The highest BCUT2D eigenvalue weighted by Gasteiger charge is 2.01. The summed E-state index contributed by atoms with van der Waals surface area (Å²) in [7, 11) is 0. The maximum absolute atomic E-state index is 5.84. The maximum Gasteiger partial charge on any atom is 0.129 e. The van der Waals surface area contributed by atoms with Gasteiger partial charge in [0.25, 0.3) is 0 Å². The minimum Gasteiger partial charge on any atom is -0.256 e. The Bertz CT molecular complexity index is 649. The van der Waals surface area contributed by atoms with Crippen molar-refractivity contribution in [3.63, 3.8) is 0 Å². The van der Waals surface area contributed by atoms with E-state index >= 15 is 0 Å². The van der Waals surface area contributed by atoms with Gasteiger partial charge in [-0.2, -0.15) is 0 Å². The van der Waals surface area contributed by atoms with Crippen molar-refractivity contribution >= 4 is 33.3 Å². The third kappa shape index (κ3) is 1.34. The van der Waals surface area contributed by atoms with E-state index in [0.29, 0.717) is 5.15 Å². The van der Waals surface area contributed by atoms with E-state index in [0.717, 1.165) is 21.7 Å². The summed E-state index contributed by atoms with van der Waals surface area (Å²) in [6.07, 6.45) is 3.56.